The Balaban J connectivity index is 2.84. The van der Waals surface area contributed by atoms with Gasteiger partial charge in [0.15, 0.2) is 0 Å². The average molecular weight is 441 g/mol. The van der Waals surface area contributed by atoms with Crippen LogP contribution >= 0.6 is 0 Å². The smallest absolute Gasteiger partial charge is 0.241 e. The molecule has 0 fully saturated rings. The van der Waals surface area contributed by atoms with E-state index in [-0.39, 0.29) is 6.10 Å². The molecule has 30 heavy (non-hydrogen) atoms. The average Bonchev–Trinajstić information content (AvgIpc) is 2.78. The molecule has 0 radical (unpaired) electrons. The molecule has 0 aliphatic carbocycles. The Kier molecular flexibility index (Phi) is 10.6. The molecule has 0 bridgehead atoms. The first kappa shape index (κ1) is 25.1. The predicted octanol–water partition coefficient (Wildman–Crippen LogP) is 7.10. The second-order valence-corrected chi connectivity index (χ2v) is 21.3. The summed E-state index contributed by atoms with van der Waals surface area (Å²) in [4.78, 5) is 0. The molecule has 0 aromatic heterocycles. The van der Waals surface area contributed by atoms with Gasteiger partial charge >= 0.3 is 0 Å². The minimum atomic E-state index is -2.36. The van der Waals surface area contributed by atoms with Crippen molar-refractivity contribution in [3.8, 4) is 0 Å². The first-order chi connectivity index (χ1) is 14.6. The van der Waals surface area contributed by atoms with E-state index in [0.29, 0.717) is 0 Å². The van der Waals surface area contributed by atoms with Gasteiger partial charge in [0.1, 0.15) is 0 Å². The van der Waals surface area contributed by atoms with Crippen molar-refractivity contribution in [1.82, 2.24) is 0 Å². The van der Waals surface area contributed by atoms with E-state index in [0.717, 1.165) is 0 Å². The Morgan fingerprint density at radius 2 is 1.00 bits per heavy atom. The Morgan fingerprint density at radius 1 is 0.633 bits per heavy atom. The second kappa shape index (κ2) is 12.6. The van der Waals surface area contributed by atoms with Gasteiger partial charge in [0.2, 0.25) is 7.83 Å². The van der Waals surface area contributed by atoms with Crippen LogP contribution in [0.3, 0.4) is 0 Å². The fraction of sp³-hybridized carbons (Fsp3) is 0.556. The Hall–Kier alpha value is -1.17. The number of hydrogen-bond donors (Lipinski definition) is 0. The lowest BCUT2D eigenvalue weighted by molar-refractivity contribution is 0.246. The molecule has 0 saturated heterocycles. The zero-order chi connectivity index (χ0) is 21.9. The van der Waals surface area contributed by atoms with Crippen LogP contribution in [0.1, 0.15) is 73.1 Å². The standard InChI is InChI=1S/C27H44OSi2/c1-6-9-22-29(23-10-7-2,24-11-8-3)30(28-25(4)5,26-18-14-12-15-19-26)27-20-16-13-17-21-27/h12-21,25H,6-11,22-24H2,1-5H3. The number of hydrogen-bond acceptors (Lipinski definition) is 1. The van der Waals surface area contributed by atoms with Gasteiger partial charge in [0.05, 0.1) is 7.59 Å². The first-order valence-corrected chi connectivity index (χ1v) is 17.9. The molecule has 3 heteroatoms. The Labute approximate surface area is 188 Å². The largest absolute Gasteiger partial charge is 0.408 e. The van der Waals surface area contributed by atoms with Crippen LogP contribution in [0, 0.1) is 0 Å². The minimum absolute atomic E-state index is 0.244. The highest BCUT2D eigenvalue weighted by Gasteiger charge is 2.58. The van der Waals surface area contributed by atoms with Crippen molar-refractivity contribution in [1.29, 1.82) is 0 Å². The maximum absolute atomic E-state index is 7.37. The van der Waals surface area contributed by atoms with Crippen LogP contribution in [-0.4, -0.2) is 21.5 Å². The number of rotatable bonds is 14. The lowest BCUT2D eigenvalue weighted by atomic mass is 10.4. The molecule has 0 unspecified atom stereocenters. The van der Waals surface area contributed by atoms with E-state index in [9.17, 15) is 0 Å². The Morgan fingerprint density at radius 3 is 1.30 bits per heavy atom. The van der Waals surface area contributed by atoms with Gasteiger partial charge in [-0.25, -0.2) is 0 Å². The summed E-state index contributed by atoms with van der Waals surface area (Å²) in [7, 11) is -4.13. The monoisotopic (exact) mass is 440 g/mol. The summed E-state index contributed by atoms with van der Waals surface area (Å²) >= 11 is 0. The van der Waals surface area contributed by atoms with E-state index in [1.165, 1.54) is 67.0 Å². The van der Waals surface area contributed by atoms with Crippen LogP contribution in [0.15, 0.2) is 60.7 Å². The van der Waals surface area contributed by atoms with Crippen molar-refractivity contribution < 1.29 is 4.43 Å². The zero-order valence-corrected chi connectivity index (χ0v) is 22.1. The third-order valence-electron chi connectivity index (χ3n) is 6.55. The minimum Gasteiger partial charge on any atom is -0.408 e. The lowest BCUT2D eigenvalue weighted by Crippen LogP contribution is -2.78. The highest BCUT2D eigenvalue weighted by Crippen LogP contribution is 2.37. The molecule has 0 amide bonds. The fourth-order valence-electron chi connectivity index (χ4n) is 5.19. The summed E-state index contributed by atoms with van der Waals surface area (Å²) in [6.07, 6.45) is 8.11. The van der Waals surface area contributed by atoms with Gasteiger partial charge in [0.25, 0.3) is 0 Å². The summed E-state index contributed by atoms with van der Waals surface area (Å²) in [6.45, 7) is 11.6. The molecule has 0 aliphatic rings. The zero-order valence-electron chi connectivity index (χ0n) is 20.1. The van der Waals surface area contributed by atoms with Crippen molar-refractivity contribution in [3.05, 3.63) is 60.7 Å². The molecular weight excluding hydrogens is 396 g/mol. The van der Waals surface area contributed by atoms with Crippen molar-refractivity contribution in [2.45, 2.75) is 97.4 Å². The van der Waals surface area contributed by atoms with Crippen LogP contribution in [0.4, 0.5) is 0 Å². The summed E-state index contributed by atoms with van der Waals surface area (Å²) < 4.78 is 7.37. The quantitative estimate of drug-likeness (QED) is 0.285. The van der Waals surface area contributed by atoms with Crippen molar-refractivity contribution in [2.75, 3.05) is 0 Å². The SMILES string of the molecule is CCCC[Si](CCCC)(CCCC)[Si](OC(C)C)(c1ccccc1)c1ccccc1. The van der Waals surface area contributed by atoms with E-state index < -0.39 is 15.4 Å². The number of unbranched alkanes of at least 4 members (excludes halogenated alkanes) is 3. The van der Waals surface area contributed by atoms with E-state index >= 15 is 0 Å². The van der Waals surface area contributed by atoms with Gasteiger partial charge < -0.3 is 4.43 Å². The van der Waals surface area contributed by atoms with Gasteiger partial charge in [-0.05, 0) is 24.2 Å². The van der Waals surface area contributed by atoms with Crippen molar-refractivity contribution >= 4 is 25.8 Å². The molecule has 0 heterocycles. The molecule has 166 valence electrons. The van der Waals surface area contributed by atoms with Crippen LogP contribution in [0.25, 0.3) is 0 Å². The maximum atomic E-state index is 7.37. The van der Waals surface area contributed by atoms with Crippen LogP contribution in [0.2, 0.25) is 18.1 Å². The molecule has 0 N–H and O–H groups in total. The number of benzene rings is 2. The predicted molar refractivity (Wildman–Crippen MR) is 139 cm³/mol. The molecular formula is C27H44OSi2. The van der Waals surface area contributed by atoms with E-state index in [4.69, 9.17) is 4.43 Å². The topological polar surface area (TPSA) is 9.23 Å². The first-order valence-electron chi connectivity index (χ1n) is 12.3. The van der Waals surface area contributed by atoms with Gasteiger partial charge in [-0.15, -0.1) is 0 Å². The summed E-state index contributed by atoms with van der Waals surface area (Å²) in [5.41, 5.74) is 0. The lowest BCUT2D eigenvalue weighted by Gasteiger charge is -2.49. The summed E-state index contributed by atoms with van der Waals surface area (Å²) in [5, 5.41) is 3.03. The van der Waals surface area contributed by atoms with E-state index in [1.54, 1.807) is 0 Å². The fourth-order valence-corrected chi connectivity index (χ4v) is 25.1. The maximum Gasteiger partial charge on any atom is 0.241 e. The van der Waals surface area contributed by atoms with Gasteiger partial charge in [0, 0.05) is 6.10 Å². The molecule has 1 nitrogen and oxygen atoms in total. The van der Waals surface area contributed by atoms with Crippen LogP contribution < -0.4 is 10.4 Å². The molecule has 2 aromatic rings. The van der Waals surface area contributed by atoms with Crippen LogP contribution in [0.5, 0.6) is 0 Å². The molecule has 2 rings (SSSR count). The van der Waals surface area contributed by atoms with E-state index in [1.807, 2.05) is 0 Å². The van der Waals surface area contributed by atoms with Gasteiger partial charge in [-0.2, -0.15) is 0 Å². The van der Waals surface area contributed by atoms with E-state index in [2.05, 4.69) is 95.3 Å². The molecule has 2 aromatic carbocycles. The normalized spacial score (nSPS) is 12.5. The highest BCUT2D eigenvalue weighted by atomic mass is 29.3. The molecule has 0 saturated carbocycles. The highest BCUT2D eigenvalue weighted by molar-refractivity contribution is 7.49. The van der Waals surface area contributed by atoms with Crippen molar-refractivity contribution in [2.24, 2.45) is 0 Å². The summed E-state index contributed by atoms with van der Waals surface area (Å²) in [5.74, 6) is 0. The third-order valence-corrected chi connectivity index (χ3v) is 23.9. The van der Waals surface area contributed by atoms with Gasteiger partial charge in [-0.1, -0.05) is 138 Å². The Bertz CT molecular complexity index is 638. The summed E-state index contributed by atoms with van der Waals surface area (Å²) in [6, 6.07) is 27.1. The second-order valence-electron chi connectivity index (χ2n) is 9.17. The third kappa shape index (κ3) is 5.74. The van der Waals surface area contributed by atoms with Crippen molar-refractivity contribution in [3.63, 3.8) is 0 Å². The van der Waals surface area contributed by atoms with Gasteiger partial charge in [-0.3, -0.25) is 0 Å². The van der Waals surface area contributed by atoms with Crippen LogP contribution in [-0.2, 0) is 4.43 Å². The molecule has 0 spiro atoms. The molecule has 0 atom stereocenters. The molecule has 0 aliphatic heterocycles.